The molecule has 4 bridgehead atoms. The van der Waals surface area contributed by atoms with Crippen molar-refractivity contribution in [3.8, 4) is 17.1 Å². The highest BCUT2D eigenvalue weighted by Gasteiger charge is 2.32. The van der Waals surface area contributed by atoms with E-state index in [1.54, 1.807) is 29.3 Å². The number of benzene rings is 2. The third-order valence-corrected chi connectivity index (χ3v) is 9.57. The van der Waals surface area contributed by atoms with E-state index in [9.17, 15) is 13.2 Å². The predicted molar refractivity (Wildman–Crippen MR) is 183 cm³/mol. The molecule has 0 aliphatic carbocycles. The van der Waals surface area contributed by atoms with Crippen LogP contribution in [0.1, 0.15) is 79.9 Å². The van der Waals surface area contributed by atoms with Gasteiger partial charge in [-0.2, -0.15) is 4.98 Å². The van der Waals surface area contributed by atoms with Gasteiger partial charge in [-0.15, -0.1) is 0 Å². The summed E-state index contributed by atoms with van der Waals surface area (Å²) in [5, 5.41) is 0. The largest absolute Gasteiger partial charge is 0.475 e. The summed E-state index contributed by atoms with van der Waals surface area (Å²) < 4.78 is 42.2. The number of furan rings is 1. The second kappa shape index (κ2) is 12.6. The molecule has 1 aliphatic heterocycles. The van der Waals surface area contributed by atoms with Gasteiger partial charge in [0.2, 0.25) is 17.5 Å². The van der Waals surface area contributed by atoms with Crippen LogP contribution in [0.5, 0.6) is 5.88 Å². The maximum Gasteiger partial charge on any atom is 0.264 e. The number of hydrogen-bond acceptors (Lipinski definition) is 9. The molecule has 1 aliphatic rings. The molecule has 11 nitrogen and oxygen atoms in total. The summed E-state index contributed by atoms with van der Waals surface area (Å²) in [4.78, 5) is 34.4. The third kappa shape index (κ3) is 7.03. The number of fused-ring (bicyclic) bond motifs is 5. The number of hydrogen-bond donors (Lipinski definition) is 1. The summed E-state index contributed by atoms with van der Waals surface area (Å²) in [6.45, 7) is 14.4. The first-order valence-electron chi connectivity index (χ1n) is 15.9. The molecule has 0 radical (unpaired) electrons. The minimum absolute atomic E-state index is 0.0754. The van der Waals surface area contributed by atoms with Crippen molar-refractivity contribution in [1.29, 1.82) is 0 Å². The Labute approximate surface area is 280 Å². The fourth-order valence-corrected chi connectivity index (χ4v) is 6.94. The average Bonchev–Trinajstić information content (AvgIpc) is 3.45. The number of aryl methyl sites for hydroxylation is 2. The molecule has 1 N–H and O–H groups in total. The Kier molecular flexibility index (Phi) is 8.71. The van der Waals surface area contributed by atoms with E-state index in [0.717, 1.165) is 22.5 Å². The minimum atomic E-state index is -4.19. The van der Waals surface area contributed by atoms with Crippen LogP contribution in [0.15, 0.2) is 70.1 Å². The number of amides is 1. The van der Waals surface area contributed by atoms with E-state index in [2.05, 4.69) is 40.4 Å². The molecule has 0 spiro atoms. The number of rotatable bonds is 5. The number of carbonyl (C=O) groups is 1. The van der Waals surface area contributed by atoms with Gasteiger partial charge in [0.15, 0.2) is 0 Å². The van der Waals surface area contributed by atoms with Gasteiger partial charge in [-0.3, -0.25) is 4.79 Å². The number of anilines is 1. The summed E-state index contributed by atoms with van der Waals surface area (Å²) in [5.41, 5.74) is 4.85. The van der Waals surface area contributed by atoms with E-state index in [-0.39, 0.29) is 52.7 Å². The number of sulfonamides is 1. The summed E-state index contributed by atoms with van der Waals surface area (Å²) in [7, 11) is -4.19. The maximum absolute atomic E-state index is 14.4. The fraction of sp³-hybridized carbons (Fsp3) is 0.361. The van der Waals surface area contributed by atoms with E-state index >= 15 is 0 Å². The average molecular weight is 669 g/mol. The molecular formula is C36H40N6O5S. The van der Waals surface area contributed by atoms with Crippen LogP contribution in [0.25, 0.3) is 22.5 Å². The maximum atomic E-state index is 14.4. The highest BCUT2D eigenvalue weighted by molar-refractivity contribution is 7.92. The van der Waals surface area contributed by atoms with E-state index in [1.165, 1.54) is 12.1 Å². The molecule has 3 aromatic heterocycles. The number of aromatic nitrogens is 4. The van der Waals surface area contributed by atoms with Gasteiger partial charge >= 0.3 is 0 Å². The summed E-state index contributed by atoms with van der Waals surface area (Å²) in [5.74, 6) is 0.607. The Morgan fingerprint density at radius 3 is 2.44 bits per heavy atom. The van der Waals surface area contributed by atoms with Gasteiger partial charge in [-0.25, -0.2) is 28.1 Å². The molecule has 1 amide bonds. The third-order valence-electron chi connectivity index (χ3n) is 8.24. The molecule has 250 valence electrons. The van der Waals surface area contributed by atoms with Crippen LogP contribution in [0.2, 0.25) is 0 Å². The zero-order valence-corrected chi connectivity index (χ0v) is 29.1. The molecule has 0 saturated carbocycles. The van der Waals surface area contributed by atoms with E-state index in [4.69, 9.17) is 14.1 Å². The zero-order valence-electron chi connectivity index (χ0n) is 28.2. The van der Waals surface area contributed by atoms with Gasteiger partial charge in [-0.05, 0) is 55.0 Å². The molecule has 12 heteroatoms. The second-order valence-corrected chi connectivity index (χ2v) is 15.5. The number of carbonyl (C=O) groups excluding carboxylic acids is 1. The topological polar surface area (TPSA) is 140 Å². The Morgan fingerprint density at radius 2 is 1.73 bits per heavy atom. The lowest BCUT2D eigenvalue weighted by Crippen LogP contribution is -2.45. The van der Waals surface area contributed by atoms with E-state index in [1.807, 2.05) is 52.0 Å². The lowest BCUT2D eigenvalue weighted by atomic mass is 9.87. The molecule has 5 aromatic rings. The molecule has 48 heavy (non-hydrogen) atoms. The van der Waals surface area contributed by atoms with Gasteiger partial charge < -0.3 is 14.1 Å². The summed E-state index contributed by atoms with van der Waals surface area (Å²) in [6.07, 6.45) is 2.20. The lowest BCUT2D eigenvalue weighted by Gasteiger charge is -2.35. The second-order valence-electron chi connectivity index (χ2n) is 13.8. The lowest BCUT2D eigenvalue weighted by molar-refractivity contribution is 0.0509. The van der Waals surface area contributed by atoms with Crippen molar-refractivity contribution < 1.29 is 22.4 Å². The molecule has 1 atom stereocenters. The van der Waals surface area contributed by atoms with E-state index < -0.39 is 16.1 Å². The summed E-state index contributed by atoms with van der Waals surface area (Å²) in [6, 6.07) is 15.0. The molecule has 0 fully saturated rings. The smallest absolute Gasteiger partial charge is 0.264 e. The Balaban J connectivity index is 1.49. The Morgan fingerprint density at radius 1 is 1.00 bits per heavy atom. The van der Waals surface area contributed by atoms with Gasteiger partial charge in [-0.1, -0.05) is 58.9 Å². The number of nitrogens with one attached hydrogen (secondary N) is 1. The van der Waals surface area contributed by atoms with Crippen molar-refractivity contribution in [2.45, 2.75) is 78.3 Å². The standard InChI is InChI=1S/C36H40N6O5S/c1-21(2)30-15-29-33(47-30)38-25(18-37-29)19-42-26(17-36(5,6)7)20-46-31-16-28(32-22(3)10-8-11-23(32)4)39-35(40-31)41-48(44,45)27-13-9-12-24(14-27)34(42)43/h8-16,18,21,26H,17,19-20H2,1-7H3,(H,39,40,41)/t26-/m1/s1. The predicted octanol–water partition coefficient (Wildman–Crippen LogP) is 7.06. The van der Waals surface area contributed by atoms with Crippen molar-refractivity contribution in [2.75, 3.05) is 11.3 Å². The first kappa shape index (κ1) is 33.1. The first-order chi connectivity index (χ1) is 22.7. The van der Waals surface area contributed by atoms with Crippen LogP contribution in [0, 0.1) is 19.3 Å². The molecule has 6 rings (SSSR count). The van der Waals surface area contributed by atoms with Crippen LogP contribution in [0.4, 0.5) is 5.95 Å². The summed E-state index contributed by atoms with van der Waals surface area (Å²) >= 11 is 0. The van der Waals surface area contributed by atoms with Crippen LogP contribution in [-0.4, -0.2) is 51.8 Å². The molecule has 4 heterocycles. The van der Waals surface area contributed by atoms with Crippen molar-refractivity contribution in [3.05, 3.63) is 88.9 Å². The van der Waals surface area contributed by atoms with Crippen LogP contribution in [-0.2, 0) is 16.6 Å². The first-order valence-corrected chi connectivity index (χ1v) is 17.4. The quantitative estimate of drug-likeness (QED) is 0.208. The molecular weight excluding hydrogens is 629 g/mol. The van der Waals surface area contributed by atoms with Crippen LogP contribution in [0.3, 0.4) is 0 Å². The molecule has 0 unspecified atom stereocenters. The fourth-order valence-electron chi connectivity index (χ4n) is 5.95. The highest BCUT2D eigenvalue weighted by Crippen LogP contribution is 2.32. The van der Waals surface area contributed by atoms with Crippen molar-refractivity contribution in [3.63, 3.8) is 0 Å². The SMILES string of the molecule is Cc1cccc(C)c1-c1cc2nc(n1)NS(=O)(=O)c1cccc(c1)C(=O)N(Cc1cnc3cc(C(C)C)oc3n1)[C@H](CC(C)(C)C)CO2. The van der Waals surface area contributed by atoms with Crippen LogP contribution >= 0.6 is 0 Å². The molecule has 0 saturated heterocycles. The zero-order chi connectivity index (χ0) is 34.4. The van der Waals surface area contributed by atoms with Crippen LogP contribution < -0.4 is 9.46 Å². The monoisotopic (exact) mass is 668 g/mol. The molecule has 2 aromatic carbocycles. The van der Waals surface area contributed by atoms with Gasteiger partial charge in [0.25, 0.3) is 15.9 Å². The van der Waals surface area contributed by atoms with Crippen molar-refractivity contribution >= 4 is 33.1 Å². The minimum Gasteiger partial charge on any atom is -0.475 e. The number of ether oxygens (including phenoxy) is 1. The van der Waals surface area contributed by atoms with Crippen molar-refractivity contribution in [1.82, 2.24) is 24.8 Å². The van der Waals surface area contributed by atoms with Crippen molar-refractivity contribution in [2.24, 2.45) is 5.41 Å². The Hall–Kier alpha value is -4.84. The van der Waals surface area contributed by atoms with Gasteiger partial charge in [0, 0.05) is 29.2 Å². The normalized spacial score (nSPS) is 16.5. The number of nitrogens with zero attached hydrogens (tertiary/aromatic N) is 5. The van der Waals surface area contributed by atoms with E-state index in [0.29, 0.717) is 29.0 Å². The Bertz CT molecular complexity index is 2100. The van der Waals surface area contributed by atoms with Gasteiger partial charge in [0.1, 0.15) is 17.9 Å². The highest BCUT2D eigenvalue weighted by atomic mass is 32.2. The van der Waals surface area contributed by atoms with Gasteiger partial charge in [0.05, 0.1) is 35.1 Å².